The van der Waals surface area contributed by atoms with Crippen molar-refractivity contribution in [3.05, 3.63) is 42.9 Å². The fourth-order valence-electron chi connectivity index (χ4n) is 4.70. The van der Waals surface area contributed by atoms with Gasteiger partial charge in [-0.25, -0.2) is 9.97 Å². The van der Waals surface area contributed by atoms with Gasteiger partial charge in [0, 0.05) is 56.1 Å². The van der Waals surface area contributed by atoms with Gasteiger partial charge in [-0.15, -0.1) is 5.10 Å². The van der Waals surface area contributed by atoms with Crippen molar-refractivity contribution < 1.29 is 9.53 Å². The summed E-state index contributed by atoms with van der Waals surface area (Å²) in [6.45, 7) is 6.87. The molecule has 0 saturated carbocycles. The van der Waals surface area contributed by atoms with Crippen molar-refractivity contribution in [1.29, 1.82) is 0 Å². The average molecular weight is 504 g/mol. The van der Waals surface area contributed by atoms with Crippen molar-refractivity contribution in [2.45, 2.75) is 25.9 Å². The lowest BCUT2D eigenvalue weighted by Gasteiger charge is -2.40. The van der Waals surface area contributed by atoms with Gasteiger partial charge in [-0.05, 0) is 33.0 Å². The van der Waals surface area contributed by atoms with Gasteiger partial charge in [0.2, 0.25) is 11.9 Å². The molecule has 0 bridgehead atoms. The van der Waals surface area contributed by atoms with Crippen LogP contribution in [0.25, 0.3) is 22.2 Å². The number of amides is 1. The van der Waals surface area contributed by atoms with Gasteiger partial charge < -0.3 is 25.3 Å². The van der Waals surface area contributed by atoms with Gasteiger partial charge >= 0.3 is 0 Å². The van der Waals surface area contributed by atoms with Crippen molar-refractivity contribution in [1.82, 2.24) is 34.5 Å². The Morgan fingerprint density at radius 1 is 1.22 bits per heavy atom. The largest absolute Gasteiger partial charge is 0.478 e. The highest BCUT2D eigenvalue weighted by atomic mass is 16.5. The van der Waals surface area contributed by atoms with Crippen molar-refractivity contribution in [3.63, 3.8) is 0 Å². The maximum absolute atomic E-state index is 13.2. The number of para-hydroxylation sites is 1. The second-order valence-corrected chi connectivity index (χ2v) is 9.54. The maximum atomic E-state index is 13.2. The third kappa shape index (κ3) is 5.00. The lowest BCUT2D eigenvalue weighted by molar-refractivity contribution is -0.121. The number of aromatic nitrogens is 5. The molecule has 4 heterocycles. The van der Waals surface area contributed by atoms with Gasteiger partial charge in [-0.3, -0.25) is 14.4 Å². The Bertz CT molecular complexity index is 1410. The number of aromatic amines is 1. The third-order valence-electron chi connectivity index (χ3n) is 7.06. The Kier molecular flexibility index (Phi) is 6.81. The summed E-state index contributed by atoms with van der Waals surface area (Å²) in [6, 6.07) is 7.93. The van der Waals surface area contributed by atoms with Crippen molar-refractivity contribution in [2.75, 3.05) is 44.4 Å². The standard InChI is InChI=1S/C26H33N9O2/c1-16-14-35(12-11-33(16)3)17(2)24(36)29-21-8-6-7-18-19(13-28-23(18)21)20-9-10-27-26(30-20)31-22-15-34(4)32-25(22)37-5/h6-10,13,15-17,28H,11-12,14H2,1-5H3,(H,29,36)(H,27,30,31)/t16?,17-/m1/s1. The van der Waals surface area contributed by atoms with Gasteiger partial charge in [0.25, 0.3) is 5.88 Å². The molecule has 0 spiro atoms. The molecule has 5 rings (SSSR count). The Morgan fingerprint density at radius 3 is 2.84 bits per heavy atom. The zero-order valence-electron chi connectivity index (χ0n) is 21.8. The van der Waals surface area contributed by atoms with E-state index >= 15 is 0 Å². The number of benzene rings is 1. The molecule has 3 N–H and O–H groups in total. The van der Waals surface area contributed by atoms with Crippen LogP contribution in [0.3, 0.4) is 0 Å². The number of ether oxygens (including phenoxy) is 1. The zero-order valence-corrected chi connectivity index (χ0v) is 21.8. The molecule has 1 aromatic carbocycles. The van der Waals surface area contributed by atoms with Crippen LogP contribution in [0.1, 0.15) is 13.8 Å². The van der Waals surface area contributed by atoms with Crippen molar-refractivity contribution in [3.8, 4) is 17.1 Å². The number of hydrogen-bond acceptors (Lipinski definition) is 8. The Labute approximate surface area is 215 Å². The van der Waals surface area contributed by atoms with Gasteiger partial charge in [0.05, 0.1) is 36.2 Å². The molecule has 1 unspecified atom stereocenters. The van der Waals surface area contributed by atoms with E-state index < -0.39 is 0 Å². The molecule has 3 aromatic heterocycles. The number of hydrogen-bond donors (Lipinski definition) is 3. The number of fused-ring (bicyclic) bond motifs is 1. The van der Waals surface area contributed by atoms with E-state index in [0.29, 0.717) is 23.6 Å². The van der Waals surface area contributed by atoms with Crippen molar-refractivity contribution in [2.24, 2.45) is 7.05 Å². The topological polar surface area (TPSA) is 116 Å². The summed E-state index contributed by atoms with van der Waals surface area (Å²) >= 11 is 0. The highest BCUT2D eigenvalue weighted by Crippen LogP contribution is 2.32. The summed E-state index contributed by atoms with van der Waals surface area (Å²) in [7, 11) is 5.52. The van der Waals surface area contributed by atoms with Crippen LogP contribution in [-0.2, 0) is 11.8 Å². The zero-order chi connectivity index (χ0) is 26.1. The van der Waals surface area contributed by atoms with Gasteiger partial charge in [0.15, 0.2) is 0 Å². The first-order chi connectivity index (χ1) is 17.8. The number of H-pyrrole nitrogens is 1. The van der Waals surface area contributed by atoms with Crippen LogP contribution < -0.4 is 15.4 Å². The highest BCUT2D eigenvalue weighted by molar-refractivity contribution is 6.06. The Morgan fingerprint density at radius 2 is 2.05 bits per heavy atom. The number of methoxy groups -OCH3 is 1. The smallest absolute Gasteiger partial charge is 0.256 e. The quantitative estimate of drug-likeness (QED) is 0.352. The Hall–Kier alpha value is -3.96. The van der Waals surface area contributed by atoms with Gasteiger partial charge in [0.1, 0.15) is 5.69 Å². The molecule has 1 aliphatic heterocycles. The van der Waals surface area contributed by atoms with E-state index in [-0.39, 0.29) is 11.9 Å². The van der Waals surface area contributed by atoms with Crippen LogP contribution in [0.5, 0.6) is 5.88 Å². The fourth-order valence-corrected chi connectivity index (χ4v) is 4.70. The Balaban J connectivity index is 1.36. The summed E-state index contributed by atoms with van der Waals surface area (Å²) in [5.74, 6) is 0.876. The minimum absolute atomic E-state index is 0.0145. The van der Waals surface area contributed by atoms with E-state index in [1.165, 1.54) is 0 Å². The predicted molar refractivity (Wildman–Crippen MR) is 144 cm³/mol. The van der Waals surface area contributed by atoms with E-state index in [2.05, 4.69) is 49.5 Å². The van der Waals surface area contributed by atoms with E-state index in [1.54, 1.807) is 24.2 Å². The number of nitrogens with one attached hydrogen (secondary N) is 3. The molecule has 194 valence electrons. The molecule has 1 fully saturated rings. The first kappa shape index (κ1) is 24.7. The first-order valence-electron chi connectivity index (χ1n) is 12.4. The molecule has 1 aliphatic rings. The number of carbonyl (C=O) groups is 1. The predicted octanol–water partition coefficient (Wildman–Crippen LogP) is 3.07. The van der Waals surface area contributed by atoms with Crippen LogP contribution in [0, 0.1) is 0 Å². The van der Waals surface area contributed by atoms with Crippen molar-refractivity contribution >= 4 is 34.1 Å². The summed E-state index contributed by atoms with van der Waals surface area (Å²) in [6.07, 6.45) is 5.42. The monoisotopic (exact) mass is 503 g/mol. The average Bonchev–Trinajstić information content (AvgIpc) is 3.49. The summed E-state index contributed by atoms with van der Waals surface area (Å²) < 4.78 is 6.97. The van der Waals surface area contributed by atoms with Crippen LogP contribution in [0.2, 0.25) is 0 Å². The number of rotatable bonds is 7. The van der Waals surface area contributed by atoms with Gasteiger partial charge in [-0.2, -0.15) is 0 Å². The van der Waals surface area contributed by atoms with Crippen LogP contribution in [0.4, 0.5) is 17.3 Å². The fraction of sp³-hybridized carbons (Fsp3) is 0.385. The van der Waals surface area contributed by atoms with Crippen LogP contribution >= 0.6 is 0 Å². The summed E-state index contributed by atoms with van der Waals surface area (Å²) in [5.41, 5.74) is 3.93. The lowest BCUT2D eigenvalue weighted by atomic mass is 10.1. The van der Waals surface area contributed by atoms with E-state index in [4.69, 9.17) is 9.72 Å². The number of likely N-dealkylation sites (N-methyl/N-ethyl adjacent to an activating group) is 1. The molecular weight excluding hydrogens is 470 g/mol. The number of carbonyl (C=O) groups excluding carboxylic acids is 1. The second kappa shape index (κ2) is 10.2. The molecule has 37 heavy (non-hydrogen) atoms. The SMILES string of the molecule is COc1nn(C)cc1Nc1nccc(-c2c[nH]c3c(NC(=O)[C@@H](C)N4CCN(C)C(C)C4)cccc23)n1. The van der Waals surface area contributed by atoms with E-state index in [1.807, 2.05) is 44.4 Å². The molecule has 11 nitrogen and oxygen atoms in total. The number of anilines is 3. The molecule has 1 saturated heterocycles. The summed E-state index contributed by atoms with van der Waals surface area (Å²) in [5, 5.41) is 11.5. The number of piperazine rings is 1. The minimum atomic E-state index is -0.221. The molecule has 4 aromatic rings. The highest BCUT2D eigenvalue weighted by Gasteiger charge is 2.28. The van der Waals surface area contributed by atoms with Crippen LogP contribution in [-0.4, -0.2) is 86.3 Å². The molecule has 11 heteroatoms. The van der Waals surface area contributed by atoms with Gasteiger partial charge in [-0.1, -0.05) is 12.1 Å². The lowest BCUT2D eigenvalue weighted by Crippen LogP contribution is -2.55. The minimum Gasteiger partial charge on any atom is -0.478 e. The molecular formula is C26H33N9O2. The molecule has 0 aliphatic carbocycles. The first-order valence-corrected chi connectivity index (χ1v) is 12.4. The summed E-state index contributed by atoms with van der Waals surface area (Å²) in [4.78, 5) is 30.1. The normalized spacial score (nSPS) is 17.6. The van der Waals surface area contributed by atoms with Crippen LogP contribution in [0.15, 0.2) is 42.9 Å². The number of aryl methyl sites for hydroxylation is 1. The van der Waals surface area contributed by atoms with E-state index in [0.717, 1.165) is 47.5 Å². The number of nitrogens with zero attached hydrogens (tertiary/aromatic N) is 6. The molecule has 1 amide bonds. The molecule has 0 radical (unpaired) electrons. The maximum Gasteiger partial charge on any atom is 0.256 e. The molecule has 2 atom stereocenters. The van der Waals surface area contributed by atoms with E-state index in [9.17, 15) is 4.79 Å². The third-order valence-corrected chi connectivity index (χ3v) is 7.06. The second-order valence-electron chi connectivity index (χ2n) is 9.54.